The van der Waals surface area contributed by atoms with Gasteiger partial charge in [0, 0.05) is 18.8 Å². The third-order valence-electron chi connectivity index (χ3n) is 4.50. The van der Waals surface area contributed by atoms with E-state index in [1.807, 2.05) is 13.8 Å². The minimum Gasteiger partial charge on any atom is -0.494 e. The zero-order valence-corrected chi connectivity index (χ0v) is 17.1. The number of aromatic nitrogens is 2. The molecule has 2 heterocycles. The van der Waals surface area contributed by atoms with Crippen molar-refractivity contribution >= 4 is 10.0 Å². The van der Waals surface area contributed by atoms with Gasteiger partial charge in [-0.15, -0.1) is 0 Å². The van der Waals surface area contributed by atoms with Crippen molar-refractivity contribution in [3.05, 3.63) is 36.0 Å². The molecular formula is C19H25N3O5S. The van der Waals surface area contributed by atoms with Crippen LogP contribution in [0.4, 0.5) is 0 Å². The summed E-state index contributed by atoms with van der Waals surface area (Å²) >= 11 is 0. The van der Waals surface area contributed by atoms with Crippen LogP contribution < -0.4 is 14.2 Å². The number of methoxy groups -OCH3 is 1. The highest BCUT2D eigenvalue weighted by Crippen LogP contribution is 2.27. The third kappa shape index (κ3) is 4.53. The fourth-order valence-corrected chi connectivity index (χ4v) is 4.72. The van der Waals surface area contributed by atoms with E-state index in [9.17, 15) is 8.42 Å². The van der Waals surface area contributed by atoms with Crippen LogP contribution in [-0.4, -0.2) is 55.6 Å². The standard InChI is InChI=1S/C19H25N3O5S/c1-4-26-17-8-7-16(12-14(17)2)28(23,24)22-11-5-6-15(13-22)27-18-9-10-20-19(21-18)25-3/h7-10,12,15H,4-6,11,13H2,1-3H3. The maximum absolute atomic E-state index is 13.1. The highest BCUT2D eigenvalue weighted by molar-refractivity contribution is 7.89. The molecule has 0 spiro atoms. The Labute approximate surface area is 165 Å². The Morgan fingerprint density at radius 2 is 2.11 bits per heavy atom. The van der Waals surface area contributed by atoms with Crippen molar-refractivity contribution in [3.63, 3.8) is 0 Å². The van der Waals surface area contributed by atoms with Gasteiger partial charge >= 0.3 is 6.01 Å². The molecule has 0 aliphatic carbocycles. The first-order chi connectivity index (χ1) is 13.4. The molecule has 1 aliphatic rings. The Morgan fingerprint density at radius 1 is 1.29 bits per heavy atom. The van der Waals surface area contributed by atoms with Gasteiger partial charge in [-0.25, -0.2) is 13.4 Å². The number of hydrogen-bond acceptors (Lipinski definition) is 7. The van der Waals surface area contributed by atoms with E-state index in [0.717, 1.165) is 12.0 Å². The molecule has 0 saturated carbocycles. The summed E-state index contributed by atoms with van der Waals surface area (Å²) in [4.78, 5) is 8.34. The van der Waals surface area contributed by atoms with Gasteiger partial charge in [-0.2, -0.15) is 9.29 Å². The minimum absolute atomic E-state index is 0.211. The van der Waals surface area contributed by atoms with E-state index in [2.05, 4.69) is 9.97 Å². The number of piperidine rings is 1. The van der Waals surface area contributed by atoms with Crippen LogP contribution in [0.3, 0.4) is 0 Å². The van der Waals surface area contributed by atoms with Gasteiger partial charge in [0.2, 0.25) is 15.9 Å². The number of aryl methyl sites for hydroxylation is 1. The lowest BCUT2D eigenvalue weighted by molar-refractivity contribution is 0.123. The molecule has 8 nitrogen and oxygen atoms in total. The summed E-state index contributed by atoms with van der Waals surface area (Å²) in [5.41, 5.74) is 0.792. The van der Waals surface area contributed by atoms with E-state index < -0.39 is 10.0 Å². The summed E-state index contributed by atoms with van der Waals surface area (Å²) in [6.07, 6.45) is 2.72. The number of rotatable bonds is 7. The molecule has 152 valence electrons. The summed E-state index contributed by atoms with van der Waals surface area (Å²) in [5.74, 6) is 1.06. The minimum atomic E-state index is -3.61. The Kier molecular flexibility index (Phi) is 6.35. The second kappa shape index (κ2) is 8.74. The third-order valence-corrected chi connectivity index (χ3v) is 6.36. The number of sulfonamides is 1. The molecule has 3 rings (SSSR count). The van der Waals surface area contributed by atoms with Crippen molar-refractivity contribution in [1.29, 1.82) is 0 Å². The van der Waals surface area contributed by atoms with Crippen molar-refractivity contribution in [2.24, 2.45) is 0 Å². The molecule has 1 fully saturated rings. The first-order valence-corrected chi connectivity index (χ1v) is 10.7. The first-order valence-electron chi connectivity index (χ1n) is 9.21. The van der Waals surface area contributed by atoms with Crippen LogP contribution in [0.1, 0.15) is 25.3 Å². The van der Waals surface area contributed by atoms with Gasteiger partial charge in [0.15, 0.2) is 0 Å². The summed E-state index contributed by atoms with van der Waals surface area (Å²) in [7, 11) is -2.13. The van der Waals surface area contributed by atoms with E-state index in [-0.39, 0.29) is 23.6 Å². The average Bonchev–Trinajstić information content (AvgIpc) is 2.70. The van der Waals surface area contributed by atoms with Crippen LogP contribution in [0, 0.1) is 6.92 Å². The van der Waals surface area contributed by atoms with E-state index >= 15 is 0 Å². The lowest BCUT2D eigenvalue weighted by Gasteiger charge is -2.32. The van der Waals surface area contributed by atoms with Crippen LogP contribution in [-0.2, 0) is 10.0 Å². The van der Waals surface area contributed by atoms with Crippen molar-refractivity contribution in [2.45, 2.75) is 37.7 Å². The normalized spacial score (nSPS) is 17.9. The van der Waals surface area contributed by atoms with E-state index in [1.165, 1.54) is 11.4 Å². The maximum Gasteiger partial charge on any atom is 0.319 e. The SMILES string of the molecule is CCOc1ccc(S(=O)(=O)N2CCCC(Oc3ccnc(OC)n3)C2)cc1C. The van der Waals surface area contributed by atoms with Gasteiger partial charge < -0.3 is 14.2 Å². The molecule has 1 aliphatic heterocycles. The fraction of sp³-hybridized carbons (Fsp3) is 0.474. The van der Waals surface area contributed by atoms with Crippen molar-refractivity contribution in [3.8, 4) is 17.6 Å². The molecule has 0 amide bonds. The van der Waals surface area contributed by atoms with Crippen molar-refractivity contribution in [1.82, 2.24) is 14.3 Å². The van der Waals surface area contributed by atoms with Crippen LogP contribution in [0.2, 0.25) is 0 Å². The quantitative estimate of drug-likeness (QED) is 0.696. The Morgan fingerprint density at radius 3 is 2.82 bits per heavy atom. The van der Waals surface area contributed by atoms with E-state index in [1.54, 1.807) is 30.5 Å². The zero-order valence-electron chi connectivity index (χ0n) is 16.3. The van der Waals surface area contributed by atoms with E-state index in [4.69, 9.17) is 14.2 Å². The molecule has 0 bridgehead atoms. The number of hydrogen-bond donors (Lipinski definition) is 0. The monoisotopic (exact) mass is 407 g/mol. The van der Waals surface area contributed by atoms with Gasteiger partial charge in [-0.3, -0.25) is 0 Å². The first kappa shape index (κ1) is 20.3. The van der Waals surface area contributed by atoms with Crippen LogP contribution >= 0.6 is 0 Å². The highest BCUT2D eigenvalue weighted by atomic mass is 32.2. The Balaban J connectivity index is 1.74. The van der Waals surface area contributed by atoms with Gasteiger partial charge in [0.1, 0.15) is 11.9 Å². The summed E-state index contributed by atoms with van der Waals surface area (Å²) in [6, 6.07) is 6.79. The van der Waals surface area contributed by atoms with Gasteiger partial charge in [-0.05, 0) is 50.5 Å². The second-order valence-corrected chi connectivity index (χ2v) is 8.42. The maximum atomic E-state index is 13.1. The molecule has 2 aromatic rings. The molecule has 1 aromatic heterocycles. The van der Waals surface area contributed by atoms with E-state index in [0.29, 0.717) is 31.2 Å². The molecule has 1 saturated heterocycles. The molecule has 1 aromatic carbocycles. The van der Waals surface area contributed by atoms with Crippen LogP contribution in [0.25, 0.3) is 0 Å². The molecule has 0 N–H and O–H groups in total. The summed E-state index contributed by atoms with van der Waals surface area (Å²) in [6.45, 7) is 4.99. The molecule has 28 heavy (non-hydrogen) atoms. The summed E-state index contributed by atoms with van der Waals surface area (Å²) < 4.78 is 44.0. The molecular weight excluding hydrogens is 382 g/mol. The van der Waals surface area contributed by atoms with Crippen LogP contribution in [0.15, 0.2) is 35.4 Å². The van der Waals surface area contributed by atoms with Gasteiger partial charge in [0.05, 0.1) is 25.2 Å². The molecule has 1 unspecified atom stereocenters. The van der Waals surface area contributed by atoms with Crippen LogP contribution in [0.5, 0.6) is 17.6 Å². The fourth-order valence-electron chi connectivity index (χ4n) is 3.13. The second-order valence-electron chi connectivity index (χ2n) is 6.49. The Hall–Kier alpha value is -2.39. The topological polar surface area (TPSA) is 90.9 Å². The summed E-state index contributed by atoms with van der Waals surface area (Å²) in [5, 5.41) is 0. The lowest BCUT2D eigenvalue weighted by atomic mass is 10.1. The van der Waals surface area contributed by atoms with Gasteiger partial charge in [0.25, 0.3) is 0 Å². The lowest BCUT2D eigenvalue weighted by Crippen LogP contribution is -2.44. The zero-order chi connectivity index (χ0) is 20.1. The predicted octanol–water partition coefficient (Wildman–Crippen LogP) is 2.42. The van der Waals surface area contributed by atoms with Crippen molar-refractivity contribution < 1.29 is 22.6 Å². The smallest absolute Gasteiger partial charge is 0.319 e. The molecule has 0 radical (unpaired) electrons. The van der Waals surface area contributed by atoms with Crippen molar-refractivity contribution in [2.75, 3.05) is 26.8 Å². The molecule has 9 heteroatoms. The number of nitrogens with zero attached hydrogens (tertiary/aromatic N) is 3. The predicted molar refractivity (Wildman–Crippen MR) is 103 cm³/mol. The average molecular weight is 407 g/mol. The Bertz CT molecular complexity index is 920. The highest BCUT2D eigenvalue weighted by Gasteiger charge is 2.31. The number of benzene rings is 1. The van der Waals surface area contributed by atoms with Gasteiger partial charge in [-0.1, -0.05) is 0 Å². The number of ether oxygens (including phenoxy) is 3. The molecule has 1 atom stereocenters. The largest absolute Gasteiger partial charge is 0.494 e.